The maximum absolute atomic E-state index is 8.73. The first-order valence-electron chi connectivity index (χ1n) is 4.50. The van der Waals surface area contributed by atoms with Gasteiger partial charge in [0.1, 0.15) is 11.8 Å². The van der Waals surface area contributed by atoms with Crippen LogP contribution in [0.15, 0.2) is 12.1 Å². The number of rotatable bonds is 0. The number of anilines is 1. The van der Waals surface area contributed by atoms with Gasteiger partial charge in [0, 0.05) is 12.0 Å². The van der Waals surface area contributed by atoms with Crippen LogP contribution < -0.4 is 5.32 Å². The van der Waals surface area contributed by atoms with Crippen LogP contribution in [0.1, 0.15) is 24.2 Å². The maximum Gasteiger partial charge on any atom is 0.140 e. The molecule has 0 amide bonds. The summed E-state index contributed by atoms with van der Waals surface area (Å²) in [6.07, 6.45) is 2.43. The van der Waals surface area contributed by atoms with Crippen LogP contribution in [-0.4, -0.2) is 11.5 Å². The van der Waals surface area contributed by atoms with Crippen molar-refractivity contribution >= 4 is 5.69 Å². The summed E-state index contributed by atoms with van der Waals surface area (Å²) < 4.78 is 0. The van der Waals surface area contributed by atoms with E-state index in [-0.39, 0.29) is 0 Å². The van der Waals surface area contributed by atoms with E-state index in [0.717, 1.165) is 17.9 Å². The third kappa shape index (κ3) is 0.803. The van der Waals surface area contributed by atoms with Gasteiger partial charge in [0.25, 0.3) is 0 Å². The molecular formula is C10H9N3. The molecule has 1 fully saturated rings. The van der Waals surface area contributed by atoms with Gasteiger partial charge in [-0.1, -0.05) is 0 Å². The Morgan fingerprint density at radius 2 is 2.31 bits per heavy atom. The van der Waals surface area contributed by atoms with Crippen molar-refractivity contribution in [2.24, 2.45) is 0 Å². The lowest BCUT2D eigenvalue weighted by Crippen LogP contribution is -2.09. The van der Waals surface area contributed by atoms with Gasteiger partial charge in [-0.3, -0.25) is 0 Å². The Morgan fingerprint density at radius 3 is 3.00 bits per heavy atom. The molecule has 1 aromatic rings. The predicted octanol–water partition coefficient (Wildman–Crippen LogP) is 1.41. The molecule has 1 N–H and O–H groups in total. The molecule has 1 aliphatic carbocycles. The maximum atomic E-state index is 8.73. The van der Waals surface area contributed by atoms with Crippen molar-refractivity contribution in [1.29, 1.82) is 5.26 Å². The summed E-state index contributed by atoms with van der Waals surface area (Å²) in [5, 5.41) is 12.1. The van der Waals surface area contributed by atoms with Crippen molar-refractivity contribution < 1.29 is 0 Å². The zero-order chi connectivity index (χ0) is 8.89. The van der Waals surface area contributed by atoms with Gasteiger partial charge in [-0.15, -0.1) is 0 Å². The standard InChI is InChI=1S/C10H9N3/c11-5-7-1-2-8-9(13-7)10(3-4-10)6-12-8/h1-2,12H,3-4,6H2. The molecule has 3 nitrogen and oxygen atoms in total. The first kappa shape index (κ1) is 6.90. The van der Waals surface area contributed by atoms with Gasteiger partial charge in [0.2, 0.25) is 0 Å². The molecule has 3 rings (SSSR count). The number of hydrogen-bond donors (Lipinski definition) is 1. The summed E-state index contributed by atoms with van der Waals surface area (Å²) >= 11 is 0. The van der Waals surface area contributed by atoms with Crippen LogP contribution in [0.2, 0.25) is 0 Å². The second-order valence-corrected chi connectivity index (χ2v) is 3.84. The lowest BCUT2D eigenvalue weighted by atomic mass is 10.0. The van der Waals surface area contributed by atoms with E-state index in [0.29, 0.717) is 11.1 Å². The number of pyridine rings is 1. The van der Waals surface area contributed by atoms with E-state index < -0.39 is 0 Å². The Hall–Kier alpha value is -1.56. The van der Waals surface area contributed by atoms with Crippen molar-refractivity contribution in [3.05, 3.63) is 23.5 Å². The number of aromatic nitrogens is 1. The highest BCUT2D eigenvalue weighted by atomic mass is 15.0. The van der Waals surface area contributed by atoms with Crippen LogP contribution in [-0.2, 0) is 5.41 Å². The van der Waals surface area contributed by atoms with E-state index in [4.69, 9.17) is 5.26 Å². The number of nitriles is 1. The van der Waals surface area contributed by atoms with Crippen molar-refractivity contribution in [1.82, 2.24) is 4.98 Å². The van der Waals surface area contributed by atoms with Crippen molar-refractivity contribution in [2.75, 3.05) is 11.9 Å². The quantitative estimate of drug-likeness (QED) is 0.642. The highest BCUT2D eigenvalue weighted by Gasteiger charge is 2.50. The summed E-state index contributed by atoms with van der Waals surface area (Å²) in [6, 6.07) is 5.82. The molecular weight excluding hydrogens is 162 g/mol. The molecule has 0 aromatic carbocycles. The van der Waals surface area contributed by atoms with Crippen molar-refractivity contribution in [2.45, 2.75) is 18.3 Å². The zero-order valence-corrected chi connectivity index (χ0v) is 7.17. The Balaban J connectivity index is 2.18. The summed E-state index contributed by atoms with van der Waals surface area (Å²) in [6.45, 7) is 1.00. The Labute approximate surface area is 76.4 Å². The normalized spacial score (nSPS) is 20.5. The van der Waals surface area contributed by atoms with Crippen LogP contribution in [0.25, 0.3) is 0 Å². The van der Waals surface area contributed by atoms with Crippen molar-refractivity contribution in [3.63, 3.8) is 0 Å². The molecule has 64 valence electrons. The lowest BCUT2D eigenvalue weighted by Gasteiger charge is -2.03. The van der Waals surface area contributed by atoms with Gasteiger partial charge in [0.05, 0.1) is 11.4 Å². The van der Waals surface area contributed by atoms with Crippen LogP contribution in [0, 0.1) is 11.3 Å². The molecule has 0 atom stereocenters. The fourth-order valence-corrected chi connectivity index (χ4v) is 1.98. The number of fused-ring (bicyclic) bond motifs is 2. The summed E-state index contributed by atoms with van der Waals surface area (Å²) in [5.74, 6) is 0. The SMILES string of the molecule is N#Cc1ccc2c(n1)C1(CC1)CN2. The highest BCUT2D eigenvalue weighted by molar-refractivity contribution is 5.60. The predicted molar refractivity (Wildman–Crippen MR) is 48.4 cm³/mol. The Bertz CT molecular complexity index is 413. The molecule has 0 unspecified atom stereocenters. The molecule has 0 saturated heterocycles. The van der Waals surface area contributed by atoms with Crippen LogP contribution in [0.5, 0.6) is 0 Å². The number of nitrogens with one attached hydrogen (secondary N) is 1. The lowest BCUT2D eigenvalue weighted by molar-refractivity contribution is 0.748. The van der Waals surface area contributed by atoms with E-state index in [9.17, 15) is 0 Å². The minimum Gasteiger partial charge on any atom is -0.383 e. The molecule has 1 aliphatic heterocycles. The van der Waals surface area contributed by atoms with E-state index in [2.05, 4.69) is 16.4 Å². The summed E-state index contributed by atoms with van der Waals surface area (Å²) in [7, 11) is 0. The fourth-order valence-electron chi connectivity index (χ4n) is 1.98. The summed E-state index contributed by atoms with van der Waals surface area (Å²) in [4.78, 5) is 4.36. The summed E-state index contributed by atoms with van der Waals surface area (Å²) in [5.41, 5.74) is 3.07. The highest BCUT2D eigenvalue weighted by Crippen LogP contribution is 2.53. The average Bonchev–Trinajstić information content (AvgIpc) is 2.86. The third-order valence-electron chi connectivity index (χ3n) is 2.98. The van der Waals surface area contributed by atoms with Gasteiger partial charge >= 0.3 is 0 Å². The van der Waals surface area contributed by atoms with Crippen LogP contribution >= 0.6 is 0 Å². The van der Waals surface area contributed by atoms with Crippen LogP contribution in [0.4, 0.5) is 5.69 Å². The van der Waals surface area contributed by atoms with Crippen LogP contribution in [0.3, 0.4) is 0 Å². The van der Waals surface area contributed by atoms with E-state index in [1.165, 1.54) is 12.8 Å². The zero-order valence-electron chi connectivity index (χ0n) is 7.17. The van der Waals surface area contributed by atoms with Gasteiger partial charge in [-0.25, -0.2) is 4.98 Å². The third-order valence-corrected chi connectivity index (χ3v) is 2.98. The molecule has 13 heavy (non-hydrogen) atoms. The monoisotopic (exact) mass is 171 g/mol. The number of nitrogens with zero attached hydrogens (tertiary/aromatic N) is 2. The van der Waals surface area contributed by atoms with Gasteiger partial charge in [-0.05, 0) is 25.0 Å². The molecule has 1 spiro atoms. The van der Waals surface area contributed by atoms with Gasteiger partial charge in [-0.2, -0.15) is 5.26 Å². The number of hydrogen-bond acceptors (Lipinski definition) is 3. The van der Waals surface area contributed by atoms with E-state index in [1.54, 1.807) is 6.07 Å². The molecule has 1 aromatic heterocycles. The van der Waals surface area contributed by atoms with Gasteiger partial charge in [0.15, 0.2) is 0 Å². The second kappa shape index (κ2) is 2.02. The van der Waals surface area contributed by atoms with E-state index >= 15 is 0 Å². The topological polar surface area (TPSA) is 48.7 Å². The minimum absolute atomic E-state index is 0.294. The first-order chi connectivity index (χ1) is 6.34. The second-order valence-electron chi connectivity index (χ2n) is 3.84. The molecule has 2 aliphatic rings. The molecule has 0 bridgehead atoms. The smallest absolute Gasteiger partial charge is 0.140 e. The van der Waals surface area contributed by atoms with Crippen molar-refractivity contribution in [3.8, 4) is 6.07 Å². The average molecular weight is 171 g/mol. The largest absolute Gasteiger partial charge is 0.383 e. The fraction of sp³-hybridized carbons (Fsp3) is 0.400. The first-order valence-corrected chi connectivity index (χ1v) is 4.50. The molecule has 1 saturated carbocycles. The van der Waals surface area contributed by atoms with E-state index in [1.807, 2.05) is 6.07 Å². The molecule has 3 heteroatoms. The Kier molecular flexibility index (Phi) is 1.07. The van der Waals surface area contributed by atoms with Gasteiger partial charge < -0.3 is 5.32 Å². The minimum atomic E-state index is 0.294. The molecule has 0 radical (unpaired) electrons. The molecule has 2 heterocycles. The Morgan fingerprint density at radius 1 is 1.46 bits per heavy atom.